The largest absolute Gasteiger partial charge is 0.466 e. The van der Waals surface area contributed by atoms with Crippen molar-refractivity contribution in [1.82, 2.24) is 0 Å². The first kappa shape index (κ1) is 13.1. The van der Waals surface area contributed by atoms with Crippen molar-refractivity contribution < 1.29 is 14.3 Å². The molecule has 0 spiro atoms. The molecule has 0 aromatic carbocycles. The first-order valence-electron chi connectivity index (χ1n) is 6.21. The molecule has 0 amide bonds. The summed E-state index contributed by atoms with van der Waals surface area (Å²) in [5.74, 6) is -0.144. The van der Waals surface area contributed by atoms with Crippen LogP contribution in [-0.4, -0.2) is 32.0 Å². The van der Waals surface area contributed by atoms with E-state index in [1.165, 1.54) is 11.3 Å². The summed E-state index contributed by atoms with van der Waals surface area (Å²) in [5, 5.41) is 1.06. The van der Waals surface area contributed by atoms with Crippen molar-refractivity contribution in [3.05, 3.63) is 17.0 Å². The fourth-order valence-electron chi connectivity index (χ4n) is 2.21. The number of rotatable bonds is 4. The van der Waals surface area contributed by atoms with Crippen LogP contribution in [-0.2, 0) is 9.53 Å². The van der Waals surface area contributed by atoms with E-state index in [-0.39, 0.29) is 11.9 Å². The second-order valence-corrected chi connectivity index (χ2v) is 5.42. The average Bonchev–Trinajstić information content (AvgIpc) is 2.88. The van der Waals surface area contributed by atoms with Gasteiger partial charge < -0.3 is 9.64 Å². The van der Waals surface area contributed by atoms with Gasteiger partial charge in [-0.3, -0.25) is 9.59 Å². The standard InChI is InChI=1S/C13H17NO3S/c1-2-17-13(16)10-4-3-7-14(8-10)12-6-5-11(9-15)18-12/h5-6,9-10H,2-4,7-8H2,1H3. The summed E-state index contributed by atoms with van der Waals surface area (Å²) in [6.07, 6.45) is 2.74. The maximum atomic E-state index is 11.7. The van der Waals surface area contributed by atoms with Gasteiger partial charge in [0.2, 0.25) is 0 Å². The third kappa shape index (κ3) is 2.90. The molecule has 1 aromatic rings. The molecule has 2 rings (SSSR count). The number of thiophene rings is 1. The third-order valence-corrected chi connectivity index (χ3v) is 4.15. The minimum atomic E-state index is -0.102. The lowest BCUT2D eigenvalue weighted by Crippen LogP contribution is -2.39. The second kappa shape index (κ2) is 6.00. The summed E-state index contributed by atoms with van der Waals surface area (Å²) in [4.78, 5) is 25.3. The molecule has 1 aromatic heterocycles. The van der Waals surface area contributed by atoms with E-state index in [1.807, 2.05) is 19.1 Å². The molecule has 1 fully saturated rings. The molecule has 0 radical (unpaired) electrons. The molecule has 0 saturated carbocycles. The van der Waals surface area contributed by atoms with Crippen LogP contribution >= 0.6 is 11.3 Å². The lowest BCUT2D eigenvalue weighted by Gasteiger charge is -2.32. The SMILES string of the molecule is CCOC(=O)C1CCCN(c2ccc(C=O)s2)C1. The maximum absolute atomic E-state index is 11.7. The highest BCUT2D eigenvalue weighted by Crippen LogP contribution is 2.29. The van der Waals surface area contributed by atoms with Gasteiger partial charge in [0.25, 0.3) is 0 Å². The number of hydrogen-bond acceptors (Lipinski definition) is 5. The molecule has 4 nitrogen and oxygen atoms in total. The number of esters is 1. The zero-order chi connectivity index (χ0) is 13.0. The highest BCUT2D eigenvalue weighted by atomic mass is 32.1. The molecular weight excluding hydrogens is 250 g/mol. The van der Waals surface area contributed by atoms with Gasteiger partial charge in [0, 0.05) is 13.1 Å². The second-order valence-electron chi connectivity index (χ2n) is 4.33. The Morgan fingerprint density at radius 2 is 2.44 bits per heavy atom. The Bertz CT molecular complexity index is 430. The number of nitrogens with zero attached hydrogens (tertiary/aromatic N) is 1. The molecule has 1 aliphatic rings. The van der Waals surface area contributed by atoms with Gasteiger partial charge in [-0.25, -0.2) is 0 Å². The number of carbonyl (C=O) groups is 2. The van der Waals surface area contributed by atoms with Gasteiger partial charge in [-0.15, -0.1) is 11.3 Å². The Hall–Kier alpha value is -1.36. The fourth-order valence-corrected chi connectivity index (χ4v) is 3.06. The maximum Gasteiger partial charge on any atom is 0.310 e. The van der Waals surface area contributed by atoms with Crippen molar-refractivity contribution in [3.63, 3.8) is 0 Å². The predicted molar refractivity (Wildman–Crippen MR) is 71.3 cm³/mol. The van der Waals surface area contributed by atoms with E-state index < -0.39 is 0 Å². The molecule has 1 atom stereocenters. The van der Waals surface area contributed by atoms with Crippen LogP contribution in [0.5, 0.6) is 0 Å². The average molecular weight is 267 g/mol. The minimum Gasteiger partial charge on any atom is -0.466 e. The summed E-state index contributed by atoms with van der Waals surface area (Å²) in [7, 11) is 0. The van der Waals surface area contributed by atoms with Gasteiger partial charge in [0.15, 0.2) is 6.29 Å². The van der Waals surface area contributed by atoms with E-state index in [1.54, 1.807) is 0 Å². The van der Waals surface area contributed by atoms with E-state index in [4.69, 9.17) is 4.74 Å². The Balaban J connectivity index is 2.01. The highest BCUT2D eigenvalue weighted by Gasteiger charge is 2.27. The van der Waals surface area contributed by atoms with Gasteiger partial charge in [0.05, 0.1) is 22.4 Å². The fraction of sp³-hybridized carbons (Fsp3) is 0.538. The van der Waals surface area contributed by atoms with Gasteiger partial charge in [-0.2, -0.15) is 0 Å². The summed E-state index contributed by atoms with van der Waals surface area (Å²) >= 11 is 1.47. The smallest absolute Gasteiger partial charge is 0.310 e. The Labute approximate surface area is 111 Å². The van der Waals surface area contributed by atoms with Crippen molar-refractivity contribution in [2.24, 2.45) is 5.92 Å². The Morgan fingerprint density at radius 1 is 1.61 bits per heavy atom. The summed E-state index contributed by atoms with van der Waals surface area (Å²) < 4.78 is 5.07. The van der Waals surface area contributed by atoms with E-state index in [0.717, 1.165) is 35.6 Å². The number of aldehydes is 1. The van der Waals surface area contributed by atoms with Crippen LogP contribution in [0.4, 0.5) is 5.00 Å². The van der Waals surface area contributed by atoms with E-state index >= 15 is 0 Å². The van der Waals surface area contributed by atoms with Crippen molar-refractivity contribution in [2.75, 3.05) is 24.6 Å². The first-order chi connectivity index (χ1) is 8.74. The van der Waals surface area contributed by atoms with Crippen molar-refractivity contribution >= 4 is 28.6 Å². The van der Waals surface area contributed by atoms with Gasteiger partial charge >= 0.3 is 5.97 Å². The zero-order valence-corrected chi connectivity index (χ0v) is 11.2. The molecular formula is C13H17NO3S. The molecule has 1 unspecified atom stereocenters. The zero-order valence-electron chi connectivity index (χ0n) is 10.4. The van der Waals surface area contributed by atoms with Gasteiger partial charge in [-0.05, 0) is 31.9 Å². The van der Waals surface area contributed by atoms with Crippen LogP contribution in [0.1, 0.15) is 29.4 Å². The van der Waals surface area contributed by atoms with Crippen LogP contribution in [0.25, 0.3) is 0 Å². The van der Waals surface area contributed by atoms with Crippen LogP contribution in [0.2, 0.25) is 0 Å². The molecule has 1 aliphatic heterocycles. The molecule has 1 saturated heterocycles. The molecule has 18 heavy (non-hydrogen) atoms. The molecule has 5 heteroatoms. The Kier molecular flexibility index (Phi) is 4.36. The molecule has 98 valence electrons. The number of anilines is 1. The van der Waals surface area contributed by atoms with E-state index in [9.17, 15) is 9.59 Å². The number of hydrogen-bond donors (Lipinski definition) is 0. The molecule has 0 aliphatic carbocycles. The molecule has 0 N–H and O–H groups in total. The van der Waals surface area contributed by atoms with Gasteiger partial charge in [0.1, 0.15) is 0 Å². The normalized spacial score (nSPS) is 19.6. The topological polar surface area (TPSA) is 46.6 Å². The van der Waals surface area contributed by atoms with Crippen LogP contribution in [0, 0.1) is 5.92 Å². The number of ether oxygens (including phenoxy) is 1. The quantitative estimate of drug-likeness (QED) is 0.620. The van der Waals surface area contributed by atoms with Crippen LogP contribution in [0.15, 0.2) is 12.1 Å². The summed E-state index contributed by atoms with van der Waals surface area (Å²) in [5.41, 5.74) is 0. The van der Waals surface area contributed by atoms with Crippen LogP contribution in [0.3, 0.4) is 0 Å². The van der Waals surface area contributed by atoms with Gasteiger partial charge in [-0.1, -0.05) is 0 Å². The monoisotopic (exact) mass is 267 g/mol. The van der Waals surface area contributed by atoms with E-state index in [0.29, 0.717) is 13.2 Å². The van der Waals surface area contributed by atoms with Crippen molar-refractivity contribution in [1.29, 1.82) is 0 Å². The third-order valence-electron chi connectivity index (χ3n) is 3.08. The lowest BCUT2D eigenvalue weighted by molar-refractivity contribution is -0.148. The number of piperidine rings is 1. The first-order valence-corrected chi connectivity index (χ1v) is 7.03. The predicted octanol–water partition coefficient (Wildman–Crippen LogP) is 2.34. The van der Waals surface area contributed by atoms with Crippen LogP contribution < -0.4 is 4.90 Å². The lowest BCUT2D eigenvalue weighted by atomic mass is 9.98. The molecule has 2 heterocycles. The van der Waals surface area contributed by atoms with Crippen molar-refractivity contribution in [2.45, 2.75) is 19.8 Å². The van der Waals surface area contributed by atoms with Crippen molar-refractivity contribution in [3.8, 4) is 0 Å². The Morgan fingerprint density at radius 3 is 3.11 bits per heavy atom. The molecule has 0 bridgehead atoms. The minimum absolute atomic E-state index is 0.0412. The number of carbonyl (C=O) groups excluding carboxylic acids is 2. The summed E-state index contributed by atoms with van der Waals surface area (Å²) in [6.45, 7) is 3.89. The summed E-state index contributed by atoms with van der Waals surface area (Å²) in [6, 6.07) is 3.77. The highest BCUT2D eigenvalue weighted by molar-refractivity contribution is 7.17. The van der Waals surface area contributed by atoms with E-state index in [2.05, 4.69) is 4.90 Å².